The summed E-state index contributed by atoms with van der Waals surface area (Å²) >= 11 is 1.73. The molecule has 0 aliphatic rings. The second-order valence-electron chi connectivity index (χ2n) is 4.29. The first-order chi connectivity index (χ1) is 9.38. The molecule has 1 N–H and O–H groups in total. The predicted octanol–water partition coefficient (Wildman–Crippen LogP) is 3.47. The number of hydrogen-bond donors (Lipinski definition) is 1. The Morgan fingerprint density at radius 3 is 2.95 bits per heavy atom. The van der Waals surface area contributed by atoms with Gasteiger partial charge in [0.2, 0.25) is 0 Å². The first-order valence-electron chi connectivity index (χ1n) is 6.38. The van der Waals surface area contributed by atoms with Crippen molar-refractivity contribution in [1.82, 2.24) is 15.3 Å². The zero-order valence-corrected chi connectivity index (χ0v) is 11.6. The van der Waals surface area contributed by atoms with E-state index in [0.717, 1.165) is 34.6 Å². The van der Waals surface area contributed by atoms with Crippen LogP contribution in [0.2, 0.25) is 0 Å². The van der Waals surface area contributed by atoms with Crippen LogP contribution in [0.5, 0.6) is 0 Å². The fourth-order valence-electron chi connectivity index (χ4n) is 2.04. The zero-order chi connectivity index (χ0) is 13.1. The summed E-state index contributed by atoms with van der Waals surface area (Å²) in [6.45, 7) is 3.96. The van der Waals surface area contributed by atoms with Gasteiger partial charge in [0.25, 0.3) is 0 Å². The molecule has 0 aliphatic carbocycles. The lowest BCUT2D eigenvalue weighted by molar-refractivity contribution is 0.734. The zero-order valence-electron chi connectivity index (χ0n) is 10.8. The van der Waals surface area contributed by atoms with E-state index in [2.05, 4.69) is 46.5 Å². The molecule has 3 nitrogen and oxygen atoms in total. The summed E-state index contributed by atoms with van der Waals surface area (Å²) in [6, 6.07) is 10.3. The van der Waals surface area contributed by atoms with Crippen molar-refractivity contribution < 1.29 is 0 Å². The van der Waals surface area contributed by atoms with Gasteiger partial charge in [-0.3, -0.25) is 4.98 Å². The van der Waals surface area contributed by atoms with Crippen molar-refractivity contribution in [2.75, 3.05) is 6.54 Å². The van der Waals surface area contributed by atoms with Crippen LogP contribution in [0.3, 0.4) is 0 Å². The molecule has 0 aliphatic heterocycles. The maximum Gasteiger partial charge on any atom is 0.125 e. The van der Waals surface area contributed by atoms with Gasteiger partial charge in [-0.1, -0.05) is 25.1 Å². The monoisotopic (exact) mass is 269 g/mol. The number of nitrogens with zero attached hydrogens (tertiary/aromatic N) is 2. The molecular weight excluding hydrogens is 254 g/mol. The van der Waals surface area contributed by atoms with Crippen molar-refractivity contribution in [2.45, 2.75) is 13.5 Å². The first kappa shape index (κ1) is 12.3. The highest BCUT2D eigenvalue weighted by molar-refractivity contribution is 7.15. The van der Waals surface area contributed by atoms with Gasteiger partial charge in [-0.05, 0) is 18.7 Å². The fraction of sp³-hybridized carbons (Fsp3) is 0.200. The first-order valence-corrected chi connectivity index (χ1v) is 7.19. The summed E-state index contributed by atoms with van der Waals surface area (Å²) in [5, 5.41) is 5.52. The molecule has 0 saturated carbocycles. The van der Waals surface area contributed by atoms with Gasteiger partial charge in [-0.15, -0.1) is 11.3 Å². The van der Waals surface area contributed by atoms with Crippen molar-refractivity contribution >= 4 is 22.2 Å². The number of rotatable bonds is 4. The van der Waals surface area contributed by atoms with Gasteiger partial charge in [-0.25, -0.2) is 4.98 Å². The van der Waals surface area contributed by atoms with Crippen molar-refractivity contribution in [3.8, 4) is 10.6 Å². The molecule has 0 radical (unpaired) electrons. The van der Waals surface area contributed by atoms with Crippen LogP contribution < -0.4 is 5.32 Å². The third-order valence-electron chi connectivity index (χ3n) is 2.97. The van der Waals surface area contributed by atoms with E-state index in [9.17, 15) is 0 Å². The number of hydrogen-bond acceptors (Lipinski definition) is 4. The third kappa shape index (κ3) is 2.50. The number of nitrogens with one attached hydrogen (secondary N) is 1. The molecule has 0 bridgehead atoms. The van der Waals surface area contributed by atoms with Gasteiger partial charge in [-0.2, -0.15) is 0 Å². The summed E-state index contributed by atoms with van der Waals surface area (Å²) in [6.07, 6.45) is 3.78. The van der Waals surface area contributed by atoms with Crippen LogP contribution in [0, 0.1) is 0 Å². The molecule has 3 rings (SSSR count). The summed E-state index contributed by atoms with van der Waals surface area (Å²) in [4.78, 5) is 10.3. The van der Waals surface area contributed by atoms with E-state index in [0.29, 0.717) is 0 Å². The van der Waals surface area contributed by atoms with Gasteiger partial charge in [0.15, 0.2) is 0 Å². The third-order valence-corrected chi connectivity index (χ3v) is 4.00. The number of thiazole rings is 1. The van der Waals surface area contributed by atoms with Crippen molar-refractivity contribution in [3.63, 3.8) is 0 Å². The second kappa shape index (κ2) is 5.47. The average Bonchev–Trinajstić information content (AvgIpc) is 2.93. The highest BCUT2D eigenvalue weighted by Gasteiger charge is 2.08. The molecule has 96 valence electrons. The number of para-hydroxylation sites is 1. The van der Waals surface area contributed by atoms with E-state index in [-0.39, 0.29) is 0 Å². The summed E-state index contributed by atoms with van der Waals surface area (Å²) < 4.78 is 0. The van der Waals surface area contributed by atoms with Crippen LogP contribution in [-0.4, -0.2) is 16.5 Å². The normalized spacial score (nSPS) is 11.0. The molecule has 1 aromatic carbocycles. The number of aromatic nitrogens is 2. The van der Waals surface area contributed by atoms with Gasteiger partial charge < -0.3 is 5.32 Å². The standard InChI is InChI=1S/C15H15N3S/c1-2-16-9-12-10-18-15(19-12)13-7-3-5-11-6-4-8-17-14(11)13/h3-8,10,16H,2,9H2,1H3. The largest absolute Gasteiger partial charge is 0.312 e. The van der Waals surface area contributed by atoms with Gasteiger partial charge in [0, 0.05) is 34.8 Å². The summed E-state index contributed by atoms with van der Waals surface area (Å²) in [7, 11) is 0. The van der Waals surface area contributed by atoms with E-state index >= 15 is 0 Å². The average molecular weight is 269 g/mol. The van der Waals surface area contributed by atoms with Crippen LogP contribution in [0.15, 0.2) is 42.7 Å². The van der Waals surface area contributed by atoms with Crippen LogP contribution in [-0.2, 0) is 6.54 Å². The Hall–Kier alpha value is -1.78. The molecule has 2 aromatic heterocycles. The minimum absolute atomic E-state index is 0.881. The van der Waals surface area contributed by atoms with Gasteiger partial charge >= 0.3 is 0 Å². The summed E-state index contributed by atoms with van der Waals surface area (Å²) in [5.74, 6) is 0. The topological polar surface area (TPSA) is 37.8 Å². The smallest absolute Gasteiger partial charge is 0.125 e. The lowest BCUT2D eigenvalue weighted by atomic mass is 10.1. The molecule has 0 unspecified atom stereocenters. The van der Waals surface area contributed by atoms with Crippen molar-refractivity contribution in [3.05, 3.63) is 47.6 Å². The Bertz CT molecular complexity index is 685. The molecular formula is C15H15N3S. The van der Waals surface area contributed by atoms with Crippen molar-refractivity contribution in [2.24, 2.45) is 0 Å². The predicted molar refractivity (Wildman–Crippen MR) is 80.2 cm³/mol. The van der Waals surface area contributed by atoms with Gasteiger partial charge in [0.05, 0.1) is 5.52 Å². The Labute approximate surface area is 116 Å². The highest BCUT2D eigenvalue weighted by atomic mass is 32.1. The van der Waals surface area contributed by atoms with E-state index in [1.807, 2.05) is 18.5 Å². The Morgan fingerprint density at radius 1 is 1.16 bits per heavy atom. The molecule has 0 saturated heterocycles. The molecule has 4 heteroatoms. The maximum atomic E-state index is 4.53. The van der Waals surface area contributed by atoms with Crippen LogP contribution in [0.25, 0.3) is 21.5 Å². The minimum Gasteiger partial charge on any atom is -0.312 e. The highest BCUT2D eigenvalue weighted by Crippen LogP contribution is 2.30. The van der Waals surface area contributed by atoms with Crippen LogP contribution in [0.1, 0.15) is 11.8 Å². The van der Waals surface area contributed by atoms with E-state index < -0.39 is 0 Å². The Balaban J connectivity index is 2.02. The SMILES string of the molecule is CCNCc1cnc(-c2cccc3cccnc23)s1. The minimum atomic E-state index is 0.881. The second-order valence-corrected chi connectivity index (χ2v) is 5.41. The Kier molecular flexibility index (Phi) is 3.53. The van der Waals surface area contributed by atoms with Gasteiger partial charge in [0.1, 0.15) is 5.01 Å². The molecule has 19 heavy (non-hydrogen) atoms. The Morgan fingerprint density at radius 2 is 2.05 bits per heavy atom. The molecule has 3 aromatic rings. The quantitative estimate of drug-likeness (QED) is 0.788. The number of fused-ring (bicyclic) bond motifs is 1. The number of benzene rings is 1. The van der Waals surface area contributed by atoms with E-state index in [4.69, 9.17) is 0 Å². The van der Waals surface area contributed by atoms with Crippen molar-refractivity contribution in [1.29, 1.82) is 0 Å². The van der Waals surface area contributed by atoms with Crippen LogP contribution in [0.4, 0.5) is 0 Å². The van der Waals surface area contributed by atoms with Crippen LogP contribution >= 0.6 is 11.3 Å². The van der Waals surface area contributed by atoms with E-state index in [1.54, 1.807) is 11.3 Å². The summed E-state index contributed by atoms with van der Waals surface area (Å²) in [5.41, 5.74) is 2.14. The molecule has 0 amide bonds. The number of pyridine rings is 1. The van der Waals surface area contributed by atoms with E-state index in [1.165, 1.54) is 4.88 Å². The lowest BCUT2D eigenvalue weighted by Gasteiger charge is -2.01. The maximum absolute atomic E-state index is 4.53. The lowest BCUT2D eigenvalue weighted by Crippen LogP contribution is -2.10. The molecule has 2 heterocycles. The molecule has 0 spiro atoms. The fourth-order valence-corrected chi connectivity index (χ4v) is 2.95. The molecule has 0 atom stereocenters. The molecule has 0 fully saturated rings.